The number of rotatable bonds is 7. The third-order valence-electron chi connectivity index (χ3n) is 5.44. The summed E-state index contributed by atoms with van der Waals surface area (Å²) in [6, 6.07) is 11.8. The zero-order chi connectivity index (χ0) is 20.5. The van der Waals surface area contributed by atoms with Crippen LogP contribution in [0, 0.1) is 0 Å². The highest BCUT2D eigenvalue weighted by Gasteiger charge is 2.45. The van der Waals surface area contributed by atoms with Crippen LogP contribution in [0.1, 0.15) is 52.5 Å². The minimum atomic E-state index is -0.981. The van der Waals surface area contributed by atoms with Crippen molar-refractivity contribution in [3.8, 4) is 0 Å². The first-order chi connectivity index (χ1) is 14.0. The van der Waals surface area contributed by atoms with Gasteiger partial charge in [0.05, 0.1) is 17.7 Å². The van der Waals surface area contributed by atoms with Crippen LogP contribution in [-0.2, 0) is 4.79 Å². The maximum atomic E-state index is 13.6. The van der Waals surface area contributed by atoms with Gasteiger partial charge in [-0.05, 0) is 30.2 Å². The standard InChI is InChI=1S/C23H22N2O4/c1-2-6-16(13-19(26)27)25-18-12-10-14-9-11-17(24-15-7-4-3-5-8-15)21(23(25)29)20(14)22(18)28/h3-5,7-12,16,18,24H,2,6,13H2,1H3,(H,26,27). The molecule has 6 nitrogen and oxygen atoms in total. The normalized spacial score (nSPS) is 18.0. The Balaban J connectivity index is 1.82. The summed E-state index contributed by atoms with van der Waals surface area (Å²) < 4.78 is 0. The SMILES string of the molecule is CCCC(CC(=O)O)N1C(=O)c2c(Nc3ccccc3)ccc3c2C(=O)C1C=C3. The molecule has 1 amide bonds. The van der Waals surface area contributed by atoms with Crippen LogP contribution in [0.15, 0.2) is 48.5 Å². The molecule has 2 bridgehead atoms. The van der Waals surface area contributed by atoms with E-state index in [1.807, 2.05) is 49.4 Å². The lowest BCUT2D eigenvalue weighted by Gasteiger charge is -2.41. The van der Waals surface area contributed by atoms with E-state index in [-0.39, 0.29) is 18.1 Å². The molecule has 1 aliphatic heterocycles. The van der Waals surface area contributed by atoms with Crippen molar-refractivity contribution in [2.45, 2.75) is 38.3 Å². The zero-order valence-corrected chi connectivity index (χ0v) is 16.1. The van der Waals surface area contributed by atoms with Gasteiger partial charge >= 0.3 is 5.97 Å². The monoisotopic (exact) mass is 390 g/mol. The van der Waals surface area contributed by atoms with E-state index < -0.39 is 18.1 Å². The maximum absolute atomic E-state index is 13.6. The third-order valence-corrected chi connectivity index (χ3v) is 5.44. The molecule has 2 unspecified atom stereocenters. The number of nitrogens with zero attached hydrogens (tertiary/aromatic N) is 1. The lowest BCUT2D eigenvalue weighted by molar-refractivity contribution is -0.138. The van der Waals surface area contributed by atoms with Crippen molar-refractivity contribution in [3.63, 3.8) is 0 Å². The predicted molar refractivity (Wildman–Crippen MR) is 110 cm³/mol. The van der Waals surface area contributed by atoms with Gasteiger partial charge < -0.3 is 15.3 Å². The largest absolute Gasteiger partial charge is 0.481 e. The molecule has 2 aromatic rings. The van der Waals surface area contributed by atoms with Gasteiger partial charge in [-0.1, -0.05) is 49.8 Å². The Labute approximate surface area is 168 Å². The highest BCUT2D eigenvalue weighted by Crippen LogP contribution is 2.38. The highest BCUT2D eigenvalue weighted by atomic mass is 16.4. The molecule has 1 heterocycles. The number of para-hydroxylation sites is 1. The van der Waals surface area contributed by atoms with Gasteiger partial charge in [0.25, 0.3) is 5.91 Å². The van der Waals surface area contributed by atoms with Crippen LogP contribution >= 0.6 is 0 Å². The van der Waals surface area contributed by atoms with Crippen molar-refractivity contribution in [2.24, 2.45) is 0 Å². The predicted octanol–water partition coefficient (Wildman–Crippen LogP) is 4.11. The van der Waals surface area contributed by atoms with Crippen LogP contribution in [0.5, 0.6) is 0 Å². The summed E-state index contributed by atoms with van der Waals surface area (Å²) in [6.45, 7) is 1.94. The quantitative estimate of drug-likeness (QED) is 0.743. The van der Waals surface area contributed by atoms with Gasteiger partial charge in [-0.3, -0.25) is 14.4 Å². The van der Waals surface area contributed by atoms with E-state index >= 15 is 0 Å². The first-order valence-corrected chi connectivity index (χ1v) is 9.77. The number of benzene rings is 2. The molecule has 29 heavy (non-hydrogen) atoms. The molecule has 2 N–H and O–H groups in total. The molecule has 1 aliphatic carbocycles. The maximum Gasteiger partial charge on any atom is 0.305 e. The van der Waals surface area contributed by atoms with Gasteiger partial charge in [0.2, 0.25) is 0 Å². The fourth-order valence-electron chi connectivity index (χ4n) is 4.20. The van der Waals surface area contributed by atoms with Crippen molar-refractivity contribution in [3.05, 3.63) is 65.2 Å². The van der Waals surface area contributed by atoms with Gasteiger partial charge in [-0.15, -0.1) is 0 Å². The third kappa shape index (κ3) is 3.31. The van der Waals surface area contributed by atoms with Crippen LogP contribution in [0.4, 0.5) is 11.4 Å². The van der Waals surface area contributed by atoms with Gasteiger partial charge in [-0.2, -0.15) is 0 Å². The Kier molecular flexibility index (Phi) is 4.92. The number of hydrogen-bond donors (Lipinski definition) is 2. The lowest BCUT2D eigenvalue weighted by atomic mass is 9.81. The number of anilines is 2. The zero-order valence-electron chi connectivity index (χ0n) is 16.1. The van der Waals surface area contributed by atoms with E-state index in [1.165, 1.54) is 4.90 Å². The molecule has 0 radical (unpaired) electrons. The second kappa shape index (κ2) is 7.54. The highest BCUT2D eigenvalue weighted by molar-refractivity contribution is 6.21. The van der Waals surface area contributed by atoms with Crippen molar-refractivity contribution < 1.29 is 19.5 Å². The van der Waals surface area contributed by atoms with Gasteiger partial charge in [0, 0.05) is 17.3 Å². The van der Waals surface area contributed by atoms with Gasteiger partial charge in [-0.25, -0.2) is 0 Å². The molecule has 148 valence electrons. The molecule has 0 fully saturated rings. The number of amides is 1. The molecular weight excluding hydrogens is 368 g/mol. The number of carbonyl (C=O) groups is 3. The summed E-state index contributed by atoms with van der Waals surface area (Å²) in [5.74, 6) is -1.43. The van der Waals surface area contributed by atoms with Crippen molar-refractivity contribution in [1.82, 2.24) is 4.90 Å². The number of ketones is 1. The molecule has 2 aliphatic rings. The molecule has 6 heteroatoms. The van der Waals surface area contributed by atoms with E-state index in [9.17, 15) is 19.5 Å². The molecule has 0 saturated carbocycles. The number of carbonyl (C=O) groups excluding carboxylic acids is 2. The first-order valence-electron chi connectivity index (χ1n) is 9.77. The number of aliphatic carboxylic acids is 1. The van der Waals surface area contributed by atoms with Crippen molar-refractivity contribution in [1.29, 1.82) is 0 Å². The number of fused-ring (bicyclic) bond motifs is 1. The van der Waals surface area contributed by atoms with Crippen molar-refractivity contribution >= 4 is 35.1 Å². The van der Waals surface area contributed by atoms with E-state index in [0.717, 1.165) is 11.3 Å². The second-order valence-electron chi connectivity index (χ2n) is 7.36. The Morgan fingerprint density at radius 3 is 2.59 bits per heavy atom. The number of carboxylic acid groups (broad SMARTS) is 1. The summed E-state index contributed by atoms with van der Waals surface area (Å²) in [5.41, 5.74) is 2.82. The van der Waals surface area contributed by atoms with Crippen LogP contribution < -0.4 is 5.32 Å². The summed E-state index contributed by atoms with van der Waals surface area (Å²) in [4.78, 5) is 39.7. The second-order valence-corrected chi connectivity index (χ2v) is 7.36. The summed E-state index contributed by atoms with van der Waals surface area (Å²) in [7, 11) is 0. The van der Waals surface area contributed by atoms with Crippen LogP contribution in [-0.4, -0.2) is 39.7 Å². The lowest BCUT2D eigenvalue weighted by Crippen LogP contribution is -2.55. The summed E-state index contributed by atoms with van der Waals surface area (Å²) in [5, 5.41) is 12.6. The molecule has 0 spiro atoms. The molecule has 2 atom stereocenters. The molecule has 0 saturated heterocycles. The number of Topliss-reactive ketones (excluding diaryl/α,β-unsaturated/α-hetero) is 1. The fraction of sp³-hybridized carbons (Fsp3) is 0.261. The molecular formula is C23H22N2O4. The number of carboxylic acids is 1. The molecule has 2 aromatic carbocycles. The molecule has 0 aromatic heterocycles. The Bertz CT molecular complexity index is 1010. The van der Waals surface area contributed by atoms with Gasteiger partial charge in [0.15, 0.2) is 5.78 Å². The van der Waals surface area contributed by atoms with Crippen LogP contribution in [0.2, 0.25) is 0 Å². The van der Waals surface area contributed by atoms with Crippen LogP contribution in [0.3, 0.4) is 0 Å². The Morgan fingerprint density at radius 2 is 1.90 bits per heavy atom. The minimum absolute atomic E-state index is 0.152. The smallest absolute Gasteiger partial charge is 0.305 e. The van der Waals surface area contributed by atoms with E-state index in [1.54, 1.807) is 12.1 Å². The average molecular weight is 390 g/mol. The Hall–Kier alpha value is -3.41. The van der Waals surface area contributed by atoms with Crippen LogP contribution in [0.25, 0.3) is 6.08 Å². The summed E-state index contributed by atoms with van der Waals surface area (Å²) >= 11 is 0. The average Bonchev–Trinajstić information content (AvgIpc) is 2.69. The molecule has 4 rings (SSSR count). The first kappa shape index (κ1) is 18.9. The fourth-order valence-corrected chi connectivity index (χ4v) is 4.20. The summed E-state index contributed by atoms with van der Waals surface area (Å²) in [6.07, 6.45) is 4.61. The van der Waals surface area contributed by atoms with Crippen molar-refractivity contribution in [2.75, 3.05) is 5.32 Å². The van der Waals surface area contributed by atoms with E-state index in [0.29, 0.717) is 29.7 Å². The van der Waals surface area contributed by atoms with E-state index in [2.05, 4.69) is 5.32 Å². The number of nitrogens with one attached hydrogen (secondary N) is 1. The number of hydrogen-bond acceptors (Lipinski definition) is 4. The topological polar surface area (TPSA) is 86.7 Å². The Morgan fingerprint density at radius 1 is 1.14 bits per heavy atom. The minimum Gasteiger partial charge on any atom is -0.481 e. The van der Waals surface area contributed by atoms with E-state index in [4.69, 9.17) is 0 Å². The van der Waals surface area contributed by atoms with Gasteiger partial charge in [0.1, 0.15) is 6.04 Å².